The first-order chi connectivity index (χ1) is 10.3. The summed E-state index contributed by atoms with van der Waals surface area (Å²) in [6.45, 7) is 3.38. The molecule has 112 valence electrons. The lowest BCUT2D eigenvalue weighted by Gasteiger charge is -2.07. The number of aromatic hydroxyl groups is 1. The predicted octanol–water partition coefficient (Wildman–Crippen LogP) is 3.23. The van der Waals surface area contributed by atoms with Crippen molar-refractivity contribution < 1.29 is 5.11 Å². The molecule has 5 nitrogen and oxygen atoms in total. The summed E-state index contributed by atoms with van der Waals surface area (Å²) in [6, 6.07) is 6.40. The van der Waals surface area contributed by atoms with Gasteiger partial charge in [0.2, 0.25) is 0 Å². The molecule has 1 aromatic carbocycles. The van der Waals surface area contributed by atoms with E-state index in [1.54, 1.807) is 19.9 Å². The fraction of sp³-hybridized carbons (Fsp3) is 0.133. The lowest BCUT2D eigenvalue weighted by atomic mass is 10.1. The molecule has 0 saturated carbocycles. The average Bonchev–Trinajstić information content (AvgIpc) is 2.43. The summed E-state index contributed by atoms with van der Waals surface area (Å²) in [5.74, 6) is -0.187. The third-order valence-electron chi connectivity index (χ3n) is 3.04. The number of nitriles is 1. The standard InChI is InChI=1S/C15H11Cl2N3O2/c1-8-3-9(2)20(15(22)12(8)6-18)19-7-10-4-11(16)5-13(17)14(10)21/h3-5,7,21H,1-2H3. The van der Waals surface area contributed by atoms with E-state index < -0.39 is 5.56 Å². The second-order valence-electron chi connectivity index (χ2n) is 4.64. The first-order valence-corrected chi connectivity index (χ1v) is 6.96. The number of rotatable bonds is 2. The minimum Gasteiger partial charge on any atom is -0.506 e. The molecule has 22 heavy (non-hydrogen) atoms. The Morgan fingerprint density at radius 1 is 1.32 bits per heavy atom. The molecule has 1 aromatic heterocycles. The first-order valence-electron chi connectivity index (χ1n) is 6.21. The van der Waals surface area contributed by atoms with Gasteiger partial charge in [0.15, 0.2) is 0 Å². The van der Waals surface area contributed by atoms with Crippen LogP contribution in [-0.4, -0.2) is 16.0 Å². The minimum absolute atomic E-state index is 0.0242. The van der Waals surface area contributed by atoms with Crippen LogP contribution in [0.2, 0.25) is 10.0 Å². The number of phenols is 1. The van der Waals surface area contributed by atoms with E-state index in [0.717, 1.165) is 4.68 Å². The SMILES string of the molecule is Cc1cc(C)n(N=Cc2cc(Cl)cc(Cl)c2O)c(=O)c1C#N. The molecule has 0 unspecified atom stereocenters. The van der Waals surface area contributed by atoms with Crippen molar-refractivity contribution in [1.29, 1.82) is 5.26 Å². The Kier molecular flexibility index (Phi) is 4.55. The molecule has 2 rings (SSSR count). The normalized spacial score (nSPS) is 10.9. The topological polar surface area (TPSA) is 78.4 Å². The van der Waals surface area contributed by atoms with Crippen LogP contribution in [0.1, 0.15) is 22.4 Å². The van der Waals surface area contributed by atoms with E-state index in [-0.39, 0.29) is 21.9 Å². The first kappa shape index (κ1) is 16.1. The van der Waals surface area contributed by atoms with Crippen LogP contribution >= 0.6 is 23.2 Å². The van der Waals surface area contributed by atoms with Gasteiger partial charge in [-0.05, 0) is 37.6 Å². The van der Waals surface area contributed by atoms with Gasteiger partial charge in [-0.15, -0.1) is 0 Å². The second-order valence-corrected chi connectivity index (χ2v) is 5.49. The van der Waals surface area contributed by atoms with Gasteiger partial charge in [0, 0.05) is 16.3 Å². The highest BCUT2D eigenvalue weighted by molar-refractivity contribution is 6.36. The van der Waals surface area contributed by atoms with Crippen LogP contribution in [0.5, 0.6) is 5.75 Å². The molecular weight excluding hydrogens is 325 g/mol. The van der Waals surface area contributed by atoms with Crippen LogP contribution in [0, 0.1) is 25.2 Å². The number of halogens is 2. The van der Waals surface area contributed by atoms with Crippen molar-refractivity contribution in [2.24, 2.45) is 5.10 Å². The van der Waals surface area contributed by atoms with Crippen LogP contribution < -0.4 is 5.56 Å². The summed E-state index contributed by atoms with van der Waals surface area (Å²) in [7, 11) is 0. The van der Waals surface area contributed by atoms with Crippen LogP contribution in [0.4, 0.5) is 0 Å². The number of aryl methyl sites for hydroxylation is 2. The van der Waals surface area contributed by atoms with Crippen molar-refractivity contribution in [2.75, 3.05) is 0 Å². The molecule has 1 N–H and O–H groups in total. The monoisotopic (exact) mass is 335 g/mol. The fourth-order valence-corrected chi connectivity index (χ4v) is 2.47. The lowest BCUT2D eigenvalue weighted by molar-refractivity contribution is 0.474. The van der Waals surface area contributed by atoms with Gasteiger partial charge in [0.1, 0.15) is 17.4 Å². The van der Waals surface area contributed by atoms with Gasteiger partial charge in [-0.3, -0.25) is 4.79 Å². The van der Waals surface area contributed by atoms with E-state index in [9.17, 15) is 9.90 Å². The largest absolute Gasteiger partial charge is 0.506 e. The number of phenolic OH excluding ortho intramolecular Hbond substituents is 1. The summed E-state index contributed by atoms with van der Waals surface area (Å²) in [6.07, 6.45) is 1.26. The number of pyridine rings is 1. The summed E-state index contributed by atoms with van der Waals surface area (Å²) in [5, 5.41) is 23.3. The molecule has 0 radical (unpaired) electrons. The molecule has 7 heteroatoms. The molecule has 0 amide bonds. The number of aromatic nitrogens is 1. The second kappa shape index (κ2) is 6.22. The Labute approximate surface area is 136 Å². The molecule has 2 aromatic rings. The zero-order valence-corrected chi connectivity index (χ0v) is 13.3. The number of nitrogens with zero attached hydrogens (tertiary/aromatic N) is 3. The third-order valence-corrected chi connectivity index (χ3v) is 3.55. The van der Waals surface area contributed by atoms with Gasteiger partial charge in [-0.2, -0.15) is 10.4 Å². The third kappa shape index (κ3) is 2.98. The molecule has 0 bridgehead atoms. The molecular formula is C15H11Cl2N3O2. The minimum atomic E-state index is -0.524. The molecule has 0 aliphatic heterocycles. The van der Waals surface area contributed by atoms with E-state index in [4.69, 9.17) is 28.5 Å². The van der Waals surface area contributed by atoms with Crippen LogP contribution in [0.3, 0.4) is 0 Å². The number of hydrogen-bond donors (Lipinski definition) is 1. The van der Waals surface area contributed by atoms with Gasteiger partial charge < -0.3 is 5.11 Å². The Hall–Kier alpha value is -2.29. The van der Waals surface area contributed by atoms with E-state index in [1.807, 2.05) is 6.07 Å². The molecule has 0 atom stereocenters. The maximum absolute atomic E-state index is 12.2. The van der Waals surface area contributed by atoms with E-state index in [2.05, 4.69) is 5.10 Å². The molecule has 0 aliphatic rings. The molecule has 0 aliphatic carbocycles. The van der Waals surface area contributed by atoms with Crippen LogP contribution in [0.25, 0.3) is 0 Å². The summed E-state index contributed by atoms with van der Waals surface area (Å²) < 4.78 is 1.08. The Morgan fingerprint density at radius 3 is 2.64 bits per heavy atom. The molecule has 0 fully saturated rings. The molecule has 0 spiro atoms. The lowest BCUT2D eigenvalue weighted by Crippen LogP contribution is -2.22. The average molecular weight is 336 g/mol. The summed E-state index contributed by atoms with van der Waals surface area (Å²) in [4.78, 5) is 12.2. The Morgan fingerprint density at radius 2 is 2.00 bits per heavy atom. The zero-order chi connectivity index (χ0) is 16.4. The summed E-state index contributed by atoms with van der Waals surface area (Å²) >= 11 is 11.7. The van der Waals surface area contributed by atoms with Gasteiger partial charge in [-0.1, -0.05) is 23.2 Å². The Balaban J connectivity index is 2.58. The van der Waals surface area contributed by atoms with Crippen molar-refractivity contribution >= 4 is 29.4 Å². The highest BCUT2D eigenvalue weighted by Crippen LogP contribution is 2.30. The van der Waals surface area contributed by atoms with Gasteiger partial charge >= 0.3 is 0 Å². The molecule has 0 saturated heterocycles. The van der Waals surface area contributed by atoms with Crippen molar-refractivity contribution in [3.05, 3.63) is 61.0 Å². The smallest absolute Gasteiger partial charge is 0.289 e. The maximum atomic E-state index is 12.2. The zero-order valence-electron chi connectivity index (χ0n) is 11.8. The highest BCUT2D eigenvalue weighted by Gasteiger charge is 2.10. The van der Waals surface area contributed by atoms with Crippen molar-refractivity contribution in [3.63, 3.8) is 0 Å². The van der Waals surface area contributed by atoms with E-state index >= 15 is 0 Å². The van der Waals surface area contributed by atoms with Gasteiger partial charge in [0.05, 0.1) is 11.2 Å². The van der Waals surface area contributed by atoms with E-state index in [0.29, 0.717) is 16.3 Å². The van der Waals surface area contributed by atoms with Crippen LogP contribution in [-0.2, 0) is 0 Å². The number of hydrogen-bond acceptors (Lipinski definition) is 4. The van der Waals surface area contributed by atoms with Gasteiger partial charge in [0.25, 0.3) is 5.56 Å². The fourth-order valence-electron chi connectivity index (χ4n) is 1.97. The van der Waals surface area contributed by atoms with Crippen molar-refractivity contribution in [1.82, 2.24) is 4.68 Å². The van der Waals surface area contributed by atoms with E-state index in [1.165, 1.54) is 18.3 Å². The van der Waals surface area contributed by atoms with Gasteiger partial charge in [-0.25, -0.2) is 4.68 Å². The van der Waals surface area contributed by atoms with Crippen LogP contribution in [0.15, 0.2) is 28.1 Å². The highest BCUT2D eigenvalue weighted by atomic mass is 35.5. The number of benzene rings is 1. The van der Waals surface area contributed by atoms with Crippen molar-refractivity contribution in [3.8, 4) is 11.8 Å². The summed E-state index contributed by atoms with van der Waals surface area (Å²) in [5.41, 5.74) is 0.915. The maximum Gasteiger partial charge on any atom is 0.289 e. The molecule has 1 heterocycles. The Bertz CT molecular complexity index is 880. The quantitative estimate of drug-likeness (QED) is 0.855. The van der Waals surface area contributed by atoms with Crippen molar-refractivity contribution in [2.45, 2.75) is 13.8 Å². The predicted molar refractivity (Wildman–Crippen MR) is 86.0 cm³/mol.